The van der Waals surface area contributed by atoms with Gasteiger partial charge < -0.3 is 5.73 Å². The van der Waals surface area contributed by atoms with Gasteiger partial charge in [0.15, 0.2) is 0 Å². The van der Waals surface area contributed by atoms with Crippen molar-refractivity contribution in [2.45, 2.75) is 44.0 Å². The summed E-state index contributed by atoms with van der Waals surface area (Å²) >= 11 is 0. The molecule has 2 N–H and O–H groups in total. The summed E-state index contributed by atoms with van der Waals surface area (Å²) in [6.45, 7) is 3.91. The van der Waals surface area contributed by atoms with Gasteiger partial charge in [-0.1, -0.05) is 6.42 Å². The van der Waals surface area contributed by atoms with Crippen LogP contribution in [0.4, 0.5) is 5.69 Å². The minimum atomic E-state index is -3.70. The normalized spacial score (nSPS) is 20.0. The molecule has 1 heterocycles. The number of sulfonamides is 1. The molecule has 7 nitrogen and oxygen atoms in total. The lowest BCUT2D eigenvalue weighted by molar-refractivity contribution is -0.385. The SMILES string of the molecule is Cc1cc([N+](=O)[O-])cc(C)c1S(=O)(=O)N1CCCCC1CN. The van der Waals surface area contributed by atoms with E-state index in [-0.39, 0.29) is 23.2 Å². The lowest BCUT2D eigenvalue weighted by Gasteiger charge is -2.34. The van der Waals surface area contributed by atoms with E-state index in [0.717, 1.165) is 19.3 Å². The number of aryl methyl sites for hydroxylation is 2. The van der Waals surface area contributed by atoms with E-state index in [1.165, 1.54) is 16.4 Å². The maximum atomic E-state index is 13.0. The molecule has 1 aliphatic heterocycles. The molecular weight excluding hydrogens is 306 g/mol. The number of nitro benzene ring substituents is 1. The van der Waals surface area contributed by atoms with Gasteiger partial charge in [-0.15, -0.1) is 0 Å². The first-order valence-corrected chi connectivity index (χ1v) is 8.70. The Morgan fingerprint density at radius 1 is 1.32 bits per heavy atom. The number of piperidine rings is 1. The molecule has 1 aromatic rings. The maximum absolute atomic E-state index is 13.0. The number of non-ortho nitro benzene ring substituents is 1. The molecule has 1 unspecified atom stereocenters. The third-order valence-electron chi connectivity index (χ3n) is 4.07. The van der Waals surface area contributed by atoms with Gasteiger partial charge in [-0.05, 0) is 37.8 Å². The van der Waals surface area contributed by atoms with Gasteiger partial charge in [0.05, 0.1) is 9.82 Å². The van der Waals surface area contributed by atoms with Gasteiger partial charge >= 0.3 is 0 Å². The first-order chi connectivity index (χ1) is 10.3. The van der Waals surface area contributed by atoms with Crippen LogP contribution in [-0.4, -0.2) is 36.8 Å². The number of nitrogens with two attached hydrogens (primary N) is 1. The van der Waals surface area contributed by atoms with Crippen molar-refractivity contribution >= 4 is 15.7 Å². The van der Waals surface area contributed by atoms with Crippen LogP contribution >= 0.6 is 0 Å². The zero-order chi connectivity index (χ0) is 16.5. The van der Waals surface area contributed by atoms with Crippen LogP contribution in [0.2, 0.25) is 0 Å². The molecule has 0 amide bonds. The van der Waals surface area contributed by atoms with Crippen molar-refractivity contribution in [3.8, 4) is 0 Å². The van der Waals surface area contributed by atoms with Gasteiger partial charge in [0.2, 0.25) is 10.0 Å². The molecule has 22 heavy (non-hydrogen) atoms. The molecule has 2 rings (SSSR count). The predicted octanol–water partition coefficient (Wildman–Crippen LogP) is 1.71. The van der Waals surface area contributed by atoms with Gasteiger partial charge in [-0.2, -0.15) is 4.31 Å². The summed E-state index contributed by atoms with van der Waals surface area (Å²) in [7, 11) is -3.70. The van der Waals surface area contributed by atoms with Crippen molar-refractivity contribution in [2.75, 3.05) is 13.1 Å². The zero-order valence-corrected chi connectivity index (χ0v) is 13.6. The van der Waals surface area contributed by atoms with Crippen LogP contribution in [0.1, 0.15) is 30.4 Å². The number of nitrogens with zero attached hydrogens (tertiary/aromatic N) is 2. The van der Waals surface area contributed by atoms with Crippen LogP contribution in [0.3, 0.4) is 0 Å². The number of benzene rings is 1. The van der Waals surface area contributed by atoms with E-state index in [9.17, 15) is 18.5 Å². The van der Waals surface area contributed by atoms with Gasteiger partial charge in [-0.3, -0.25) is 10.1 Å². The van der Waals surface area contributed by atoms with Crippen LogP contribution in [0.25, 0.3) is 0 Å². The summed E-state index contributed by atoms with van der Waals surface area (Å²) in [6, 6.07) is 2.41. The molecule has 122 valence electrons. The highest BCUT2D eigenvalue weighted by molar-refractivity contribution is 7.89. The van der Waals surface area contributed by atoms with Crippen LogP contribution in [0.15, 0.2) is 17.0 Å². The minimum Gasteiger partial charge on any atom is -0.329 e. The fourth-order valence-electron chi connectivity index (χ4n) is 3.08. The molecule has 1 atom stereocenters. The largest absolute Gasteiger partial charge is 0.329 e. The first-order valence-electron chi connectivity index (χ1n) is 7.26. The van der Waals surface area contributed by atoms with Crippen LogP contribution in [0.5, 0.6) is 0 Å². The Bertz CT molecular complexity index is 664. The fraction of sp³-hybridized carbons (Fsp3) is 0.571. The van der Waals surface area contributed by atoms with Crippen molar-refractivity contribution in [1.82, 2.24) is 4.31 Å². The predicted molar refractivity (Wildman–Crippen MR) is 83.2 cm³/mol. The molecule has 0 aromatic heterocycles. The van der Waals surface area contributed by atoms with Crippen molar-refractivity contribution in [3.63, 3.8) is 0 Å². The molecule has 0 aliphatic carbocycles. The Morgan fingerprint density at radius 3 is 2.41 bits per heavy atom. The fourth-order valence-corrected chi connectivity index (χ4v) is 5.20. The number of rotatable bonds is 4. The van der Waals surface area contributed by atoms with Gasteiger partial charge in [0.25, 0.3) is 5.69 Å². The van der Waals surface area contributed by atoms with Gasteiger partial charge in [0, 0.05) is 31.3 Å². The number of nitro groups is 1. The van der Waals surface area contributed by atoms with E-state index in [2.05, 4.69) is 0 Å². The van der Waals surface area contributed by atoms with E-state index >= 15 is 0 Å². The Hall–Kier alpha value is -1.51. The molecule has 0 spiro atoms. The highest BCUT2D eigenvalue weighted by Gasteiger charge is 2.35. The van der Waals surface area contributed by atoms with Crippen LogP contribution < -0.4 is 5.73 Å². The first kappa shape index (κ1) is 16.9. The molecule has 1 saturated heterocycles. The zero-order valence-electron chi connectivity index (χ0n) is 12.8. The highest BCUT2D eigenvalue weighted by atomic mass is 32.2. The van der Waals surface area contributed by atoms with E-state index < -0.39 is 14.9 Å². The monoisotopic (exact) mass is 327 g/mol. The summed E-state index contributed by atoms with van der Waals surface area (Å²) in [6.07, 6.45) is 2.52. The van der Waals surface area contributed by atoms with Crippen molar-refractivity contribution in [2.24, 2.45) is 5.73 Å². The smallest absolute Gasteiger partial charge is 0.270 e. The lowest BCUT2D eigenvalue weighted by Crippen LogP contribution is -2.47. The van der Waals surface area contributed by atoms with Crippen molar-refractivity contribution in [1.29, 1.82) is 0 Å². The van der Waals surface area contributed by atoms with Crippen LogP contribution in [0, 0.1) is 24.0 Å². The van der Waals surface area contributed by atoms with E-state index in [1.54, 1.807) is 13.8 Å². The van der Waals surface area contributed by atoms with Crippen LogP contribution in [-0.2, 0) is 10.0 Å². The van der Waals surface area contributed by atoms with Crippen molar-refractivity contribution in [3.05, 3.63) is 33.4 Å². The standard InChI is InChI=1S/C14H21N3O4S/c1-10-7-13(17(18)19)8-11(2)14(10)22(20,21)16-6-4-3-5-12(16)9-15/h7-8,12H,3-6,9,15H2,1-2H3. The summed E-state index contributed by atoms with van der Waals surface area (Å²) in [4.78, 5) is 10.5. The summed E-state index contributed by atoms with van der Waals surface area (Å²) in [5, 5.41) is 10.9. The molecule has 0 saturated carbocycles. The quantitative estimate of drug-likeness (QED) is 0.669. The average molecular weight is 327 g/mol. The molecule has 1 fully saturated rings. The second kappa shape index (κ2) is 6.31. The molecule has 1 aromatic carbocycles. The molecule has 8 heteroatoms. The topological polar surface area (TPSA) is 107 Å². The van der Waals surface area contributed by atoms with E-state index in [1.807, 2.05) is 0 Å². The van der Waals surface area contributed by atoms with E-state index in [4.69, 9.17) is 5.73 Å². The molecule has 1 aliphatic rings. The Kier molecular flexibility index (Phi) is 4.84. The second-order valence-electron chi connectivity index (χ2n) is 5.67. The highest BCUT2D eigenvalue weighted by Crippen LogP contribution is 2.31. The summed E-state index contributed by atoms with van der Waals surface area (Å²) in [5.74, 6) is 0. The van der Waals surface area contributed by atoms with Gasteiger partial charge in [0.1, 0.15) is 0 Å². The van der Waals surface area contributed by atoms with E-state index in [0.29, 0.717) is 17.7 Å². The maximum Gasteiger partial charge on any atom is 0.270 e. The average Bonchev–Trinajstić information content (AvgIpc) is 2.46. The second-order valence-corrected chi connectivity index (χ2v) is 7.49. The number of hydrogen-bond acceptors (Lipinski definition) is 5. The third kappa shape index (κ3) is 2.99. The molecule has 0 bridgehead atoms. The Morgan fingerprint density at radius 2 is 1.91 bits per heavy atom. The summed E-state index contributed by atoms with van der Waals surface area (Å²) < 4.78 is 27.4. The van der Waals surface area contributed by atoms with Crippen molar-refractivity contribution < 1.29 is 13.3 Å². The molecular formula is C14H21N3O4S. The lowest BCUT2D eigenvalue weighted by atomic mass is 10.1. The van der Waals surface area contributed by atoms with Gasteiger partial charge in [-0.25, -0.2) is 8.42 Å². The molecule has 0 radical (unpaired) electrons. The number of hydrogen-bond donors (Lipinski definition) is 1. The minimum absolute atomic E-state index is 0.0945. The third-order valence-corrected chi connectivity index (χ3v) is 6.33. The Labute approximate surface area is 130 Å². The summed E-state index contributed by atoms with van der Waals surface area (Å²) in [5.41, 5.74) is 6.41. The Balaban J connectivity index is 2.52.